The molecule has 1 aliphatic heterocycles. The Morgan fingerprint density at radius 3 is 2.88 bits per heavy atom. The van der Waals surface area contributed by atoms with Crippen LogP contribution < -0.4 is 5.32 Å². The molecular weight excluding hydrogens is 290 g/mol. The summed E-state index contributed by atoms with van der Waals surface area (Å²) in [6.45, 7) is 0. The molecule has 0 amide bonds. The predicted octanol–water partition coefficient (Wildman–Crippen LogP) is 2.28. The van der Waals surface area contributed by atoms with Crippen LogP contribution >= 0.6 is 27.7 Å². The Kier molecular flexibility index (Phi) is 3.89. The zero-order valence-electron chi connectivity index (χ0n) is 8.52. The lowest BCUT2D eigenvalue weighted by atomic mass is 10.1. The first-order valence-electron chi connectivity index (χ1n) is 4.99. The van der Waals surface area contributed by atoms with Crippen molar-refractivity contribution in [2.75, 3.05) is 11.5 Å². The molecule has 1 fully saturated rings. The summed E-state index contributed by atoms with van der Waals surface area (Å²) in [7, 11) is 0. The number of hydrogen-bond donors (Lipinski definition) is 2. The van der Waals surface area contributed by atoms with Gasteiger partial charge in [0.25, 0.3) is 0 Å². The third-order valence-corrected chi connectivity index (χ3v) is 4.41. The van der Waals surface area contributed by atoms with Crippen molar-refractivity contribution in [3.8, 4) is 0 Å². The highest BCUT2D eigenvalue weighted by Crippen LogP contribution is 2.29. The van der Waals surface area contributed by atoms with E-state index in [1.54, 1.807) is 11.8 Å². The number of halogens is 1. The summed E-state index contributed by atoms with van der Waals surface area (Å²) in [4.78, 5) is 10.9. The van der Waals surface area contributed by atoms with Gasteiger partial charge in [0.15, 0.2) is 0 Å². The Balaban J connectivity index is 2.16. The molecule has 0 aromatic heterocycles. The molecule has 1 saturated heterocycles. The molecule has 86 valence electrons. The van der Waals surface area contributed by atoms with E-state index in [1.807, 2.05) is 24.3 Å². The van der Waals surface area contributed by atoms with Crippen LogP contribution in [0.3, 0.4) is 0 Å². The minimum absolute atomic E-state index is 0.107. The van der Waals surface area contributed by atoms with Gasteiger partial charge in [-0.1, -0.05) is 34.1 Å². The number of carboxylic acids is 1. The summed E-state index contributed by atoms with van der Waals surface area (Å²) in [6, 6.07) is 7.58. The lowest BCUT2D eigenvalue weighted by Crippen LogP contribution is -2.45. The molecule has 0 saturated carbocycles. The van der Waals surface area contributed by atoms with Crippen LogP contribution in [0.1, 0.15) is 11.6 Å². The lowest BCUT2D eigenvalue weighted by Gasteiger charge is -2.29. The second-order valence-corrected chi connectivity index (χ2v) is 5.60. The summed E-state index contributed by atoms with van der Waals surface area (Å²) < 4.78 is 1.03. The number of aliphatic carboxylic acids is 1. The zero-order chi connectivity index (χ0) is 11.5. The smallest absolute Gasteiger partial charge is 0.321 e. The van der Waals surface area contributed by atoms with Gasteiger partial charge in [0.2, 0.25) is 0 Å². The molecule has 0 bridgehead atoms. The van der Waals surface area contributed by atoms with E-state index in [0.717, 1.165) is 15.8 Å². The quantitative estimate of drug-likeness (QED) is 0.880. The number of nitrogens with one attached hydrogen (secondary N) is 1. The van der Waals surface area contributed by atoms with E-state index in [4.69, 9.17) is 5.11 Å². The van der Waals surface area contributed by atoms with E-state index in [0.29, 0.717) is 5.75 Å². The molecule has 2 atom stereocenters. The van der Waals surface area contributed by atoms with Crippen molar-refractivity contribution in [3.05, 3.63) is 34.3 Å². The molecular formula is C11H12BrNO2S. The van der Waals surface area contributed by atoms with Gasteiger partial charge in [-0.25, -0.2) is 0 Å². The van der Waals surface area contributed by atoms with E-state index >= 15 is 0 Å². The number of thioether (sulfide) groups is 1. The molecule has 5 heteroatoms. The summed E-state index contributed by atoms with van der Waals surface area (Å²) in [5.74, 6) is 0.770. The number of hydrogen-bond acceptors (Lipinski definition) is 3. The van der Waals surface area contributed by atoms with Gasteiger partial charge < -0.3 is 5.11 Å². The molecule has 2 rings (SSSR count). The largest absolute Gasteiger partial charge is 0.480 e. The number of carbonyl (C=O) groups is 1. The van der Waals surface area contributed by atoms with Crippen molar-refractivity contribution in [1.82, 2.24) is 5.32 Å². The Hall–Kier alpha value is -0.520. The third-order valence-electron chi connectivity index (χ3n) is 2.55. The summed E-state index contributed by atoms with van der Waals surface area (Å²) >= 11 is 5.17. The SMILES string of the molecule is O=C(O)C1CSCC(c2ccccc2Br)N1. The van der Waals surface area contributed by atoms with E-state index in [2.05, 4.69) is 21.2 Å². The van der Waals surface area contributed by atoms with E-state index < -0.39 is 12.0 Å². The monoisotopic (exact) mass is 301 g/mol. The molecule has 2 N–H and O–H groups in total. The highest BCUT2D eigenvalue weighted by Gasteiger charge is 2.27. The summed E-state index contributed by atoms with van der Waals surface area (Å²) in [5.41, 5.74) is 1.13. The highest BCUT2D eigenvalue weighted by molar-refractivity contribution is 9.10. The maximum absolute atomic E-state index is 10.9. The molecule has 0 radical (unpaired) electrons. The Labute approximate surface area is 107 Å². The topological polar surface area (TPSA) is 49.3 Å². The summed E-state index contributed by atoms with van der Waals surface area (Å²) in [6.07, 6.45) is 0. The van der Waals surface area contributed by atoms with Crippen molar-refractivity contribution < 1.29 is 9.90 Å². The molecule has 0 spiro atoms. The van der Waals surface area contributed by atoms with Gasteiger partial charge in [0, 0.05) is 22.0 Å². The van der Waals surface area contributed by atoms with Crippen LogP contribution in [0.2, 0.25) is 0 Å². The lowest BCUT2D eigenvalue weighted by molar-refractivity contribution is -0.139. The fraction of sp³-hybridized carbons (Fsp3) is 0.364. The Morgan fingerprint density at radius 2 is 2.19 bits per heavy atom. The number of rotatable bonds is 2. The van der Waals surface area contributed by atoms with Gasteiger partial charge in [-0.05, 0) is 11.6 Å². The predicted molar refractivity (Wildman–Crippen MR) is 68.8 cm³/mol. The van der Waals surface area contributed by atoms with Crippen LogP contribution in [0.4, 0.5) is 0 Å². The van der Waals surface area contributed by atoms with Crippen LogP contribution in [0, 0.1) is 0 Å². The average molecular weight is 302 g/mol. The average Bonchev–Trinajstić information content (AvgIpc) is 2.30. The van der Waals surface area contributed by atoms with Crippen molar-refractivity contribution in [2.24, 2.45) is 0 Å². The van der Waals surface area contributed by atoms with Crippen LogP contribution in [0.5, 0.6) is 0 Å². The van der Waals surface area contributed by atoms with Crippen LogP contribution in [0.25, 0.3) is 0 Å². The van der Waals surface area contributed by atoms with E-state index in [1.165, 1.54) is 0 Å². The van der Waals surface area contributed by atoms with Crippen molar-refractivity contribution >= 4 is 33.7 Å². The van der Waals surface area contributed by atoms with Gasteiger partial charge in [-0.2, -0.15) is 11.8 Å². The van der Waals surface area contributed by atoms with Gasteiger partial charge >= 0.3 is 5.97 Å². The molecule has 1 aromatic carbocycles. The third kappa shape index (κ3) is 2.59. The van der Waals surface area contributed by atoms with Gasteiger partial charge in [-0.15, -0.1) is 0 Å². The maximum Gasteiger partial charge on any atom is 0.321 e. The molecule has 3 nitrogen and oxygen atoms in total. The first kappa shape index (κ1) is 12.0. The first-order chi connectivity index (χ1) is 7.68. The normalized spacial score (nSPS) is 25.3. The Morgan fingerprint density at radius 1 is 1.44 bits per heavy atom. The molecule has 2 unspecified atom stereocenters. The standard InChI is InChI=1S/C11H12BrNO2S/c12-8-4-2-1-3-7(8)9-5-16-6-10(13-9)11(14)15/h1-4,9-10,13H,5-6H2,(H,14,15). The molecule has 1 heterocycles. The maximum atomic E-state index is 10.9. The minimum atomic E-state index is -0.774. The zero-order valence-corrected chi connectivity index (χ0v) is 10.9. The highest BCUT2D eigenvalue weighted by atomic mass is 79.9. The Bertz CT molecular complexity index is 399. The van der Waals surface area contributed by atoms with E-state index in [-0.39, 0.29) is 6.04 Å². The van der Waals surface area contributed by atoms with Crippen LogP contribution in [-0.2, 0) is 4.79 Å². The second kappa shape index (κ2) is 5.21. The number of carboxylic acid groups (broad SMARTS) is 1. The van der Waals surface area contributed by atoms with E-state index in [9.17, 15) is 4.79 Å². The van der Waals surface area contributed by atoms with Crippen LogP contribution in [0.15, 0.2) is 28.7 Å². The number of benzene rings is 1. The summed E-state index contributed by atoms with van der Waals surface area (Å²) in [5, 5.41) is 12.1. The van der Waals surface area contributed by atoms with Crippen molar-refractivity contribution in [2.45, 2.75) is 12.1 Å². The second-order valence-electron chi connectivity index (χ2n) is 3.67. The molecule has 1 aliphatic rings. The van der Waals surface area contributed by atoms with Gasteiger partial charge in [-0.3, -0.25) is 10.1 Å². The minimum Gasteiger partial charge on any atom is -0.480 e. The molecule has 16 heavy (non-hydrogen) atoms. The first-order valence-corrected chi connectivity index (χ1v) is 6.94. The van der Waals surface area contributed by atoms with Crippen molar-refractivity contribution in [1.29, 1.82) is 0 Å². The van der Waals surface area contributed by atoms with Crippen LogP contribution in [-0.4, -0.2) is 28.6 Å². The van der Waals surface area contributed by atoms with Gasteiger partial charge in [0.1, 0.15) is 6.04 Å². The fourth-order valence-electron chi connectivity index (χ4n) is 1.72. The van der Waals surface area contributed by atoms with Gasteiger partial charge in [0.05, 0.1) is 0 Å². The fourth-order valence-corrected chi connectivity index (χ4v) is 3.41. The molecule has 0 aliphatic carbocycles. The molecule has 1 aromatic rings. The van der Waals surface area contributed by atoms with Crippen molar-refractivity contribution in [3.63, 3.8) is 0 Å².